The Morgan fingerprint density at radius 2 is 1.57 bits per heavy atom. The van der Waals surface area contributed by atoms with E-state index in [9.17, 15) is 13.6 Å². The molecule has 0 N–H and O–H groups in total. The predicted octanol–water partition coefficient (Wildman–Crippen LogP) is 6.45. The number of fused-ring (bicyclic) bond motifs is 3. The van der Waals surface area contributed by atoms with Gasteiger partial charge in [-0.3, -0.25) is 9.69 Å². The Balaban J connectivity index is 1.06. The van der Waals surface area contributed by atoms with Crippen LogP contribution in [-0.4, -0.2) is 62.0 Å². The molecule has 2 unspecified atom stereocenters. The molecule has 0 radical (unpaired) electrons. The van der Waals surface area contributed by atoms with Crippen LogP contribution in [-0.2, 0) is 5.41 Å². The van der Waals surface area contributed by atoms with Crippen molar-refractivity contribution in [3.05, 3.63) is 95.6 Å². The standard InChI is InChI=1S/C34H37F2N5O/c1-23-37-29-9-5-6-10-30(29)41(23)27-21-25-11-12-26(22-27)40(25)20-17-34(24-7-3-2-4-8-24)15-18-39(19-16-34)33(42)28-13-14-31(35)38-32(28)36/h2-10,13-14,25-27H,11-12,15-22H2,1H3. The minimum Gasteiger partial charge on any atom is -0.338 e. The van der Waals surface area contributed by atoms with Crippen LogP contribution in [0.25, 0.3) is 11.0 Å². The smallest absolute Gasteiger partial charge is 0.258 e. The van der Waals surface area contributed by atoms with E-state index in [2.05, 4.69) is 69.9 Å². The largest absolute Gasteiger partial charge is 0.338 e. The van der Waals surface area contributed by atoms with Gasteiger partial charge in [0.05, 0.1) is 16.6 Å². The fourth-order valence-corrected chi connectivity index (χ4v) is 8.14. The summed E-state index contributed by atoms with van der Waals surface area (Å²) in [7, 11) is 0. The Morgan fingerprint density at radius 3 is 2.29 bits per heavy atom. The quantitative estimate of drug-likeness (QED) is 0.251. The minimum absolute atomic E-state index is 0.0505. The van der Waals surface area contributed by atoms with Crippen LogP contribution >= 0.6 is 0 Å². The topological polar surface area (TPSA) is 54.3 Å². The molecule has 218 valence electrons. The number of carbonyl (C=O) groups excluding carboxylic acids is 1. The van der Waals surface area contributed by atoms with Crippen molar-refractivity contribution in [3.63, 3.8) is 0 Å². The lowest BCUT2D eigenvalue weighted by molar-refractivity contribution is 0.0602. The van der Waals surface area contributed by atoms with E-state index in [0.717, 1.165) is 56.1 Å². The highest BCUT2D eigenvalue weighted by atomic mass is 19.1. The number of amides is 1. The third-order valence-corrected chi connectivity index (χ3v) is 10.3. The van der Waals surface area contributed by atoms with Crippen molar-refractivity contribution in [1.82, 2.24) is 24.3 Å². The molecule has 3 aliphatic heterocycles. The highest BCUT2D eigenvalue weighted by Crippen LogP contribution is 2.45. The van der Waals surface area contributed by atoms with Gasteiger partial charge in [0, 0.05) is 31.2 Å². The summed E-state index contributed by atoms with van der Waals surface area (Å²) in [5, 5.41) is 0. The average molecular weight is 570 g/mol. The molecule has 2 bridgehead atoms. The first-order chi connectivity index (χ1) is 20.4. The summed E-state index contributed by atoms with van der Waals surface area (Å²) in [6.07, 6.45) is 7.42. The van der Waals surface area contributed by atoms with Crippen LogP contribution in [0.4, 0.5) is 8.78 Å². The van der Waals surface area contributed by atoms with Gasteiger partial charge in [0.25, 0.3) is 5.91 Å². The molecule has 0 spiro atoms. The van der Waals surface area contributed by atoms with E-state index in [1.165, 1.54) is 30.0 Å². The first kappa shape index (κ1) is 27.2. The Morgan fingerprint density at radius 1 is 0.881 bits per heavy atom. The Hall–Kier alpha value is -3.65. The van der Waals surface area contributed by atoms with Crippen molar-refractivity contribution >= 4 is 16.9 Å². The number of carbonyl (C=O) groups is 1. The number of rotatable bonds is 6. The number of aryl methyl sites for hydroxylation is 1. The summed E-state index contributed by atoms with van der Waals surface area (Å²) in [4.78, 5) is 25.7. The molecule has 3 fully saturated rings. The van der Waals surface area contributed by atoms with E-state index >= 15 is 0 Å². The van der Waals surface area contributed by atoms with Crippen LogP contribution in [0.5, 0.6) is 0 Å². The lowest BCUT2D eigenvalue weighted by Gasteiger charge is -2.45. The molecule has 42 heavy (non-hydrogen) atoms. The first-order valence-electron chi connectivity index (χ1n) is 15.3. The normalized spacial score (nSPS) is 23.9. The van der Waals surface area contributed by atoms with Crippen LogP contribution in [0.2, 0.25) is 0 Å². The van der Waals surface area contributed by atoms with Gasteiger partial charge < -0.3 is 9.47 Å². The molecule has 3 saturated heterocycles. The Bertz CT molecular complexity index is 1580. The van der Waals surface area contributed by atoms with E-state index in [1.54, 1.807) is 4.90 Å². The second kappa shape index (κ2) is 10.9. The number of halogens is 2. The Kier molecular flexibility index (Phi) is 7.05. The van der Waals surface area contributed by atoms with Crippen LogP contribution < -0.4 is 0 Å². The van der Waals surface area contributed by atoms with Gasteiger partial charge in [-0.25, -0.2) is 4.98 Å². The van der Waals surface area contributed by atoms with Crippen molar-refractivity contribution in [3.8, 4) is 0 Å². The molecule has 7 rings (SSSR count). The number of likely N-dealkylation sites (tertiary alicyclic amines) is 1. The van der Waals surface area contributed by atoms with Crippen molar-refractivity contribution in [1.29, 1.82) is 0 Å². The summed E-state index contributed by atoms with van der Waals surface area (Å²) in [6, 6.07) is 23.0. The SMILES string of the molecule is Cc1nc2ccccc2n1C1CC2CCC(C1)N2CCC1(c2ccccc2)CCN(C(=O)c2ccc(F)nc2F)CC1. The second-order valence-corrected chi connectivity index (χ2v) is 12.4. The molecule has 4 aromatic rings. The van der Waals surface area contributed by atoms with Gasteiger partial charge in [0.2, 0.25) is 11.9 Å². The number of imidazole rings is 1. The maximum Gasteiger partial charge on any atom is 0.258 e. The van der Waals surface area contributed by atoms with Crippen molar-refractivity contribution < 1.29 is 13.6 Å². The summed E-state index contributed by atoms with van der Waals surface area (Å²) in [5.74, 6) is -1.27. The van der Waals surface area contributed by atoms with E-state index in [1.807, 2.05) is 6.07 Å². The molecule has 2 atom stereocenters. The molecule has 2 aromatic carbocycles. The second-order valence-electron chi connectivity index (χ2n) is 12.4. The molecule has 0 aliphatic carbocycles. The molecule has 2 aromatic heterocycles. The van der Waals surface area contributed by atoms with Gasteiger partial charge in [0.1, 0.15) is 5.82 Å². The first-order valence-corrected chi connectivity index (χ1v) is 15.3. The van der Waals surface area contributed by atoms with Gasteiger partial charge >= 0.3 is 0 Å². The van der Waals surface area contributed by atoms with E-state index < -0.39 is 17.8 Å². The van der Waals surface area contributed by atoms with E-state index in [0.29, 0.717) is 31.2 Å². The van der Waals surface area contributed by atoms with Gasteiger partial charge in [-0.05, 0) is 93.7 Å². The zero-order valence-corrected chi connectivity index (χ0v) is 24.1. The lowest BCUT2D eigenvalue weighted by atomic mass is 9.70. The van der Waals surface area contributed by atoms with Crippen LogP contribution in [0.3, 0.4) is 0 Å². The van der Waals surface area contributed by atoms with Gasteiger partial charge in [0.15, 0.2) is 0 Å². The van der Waals surface area contributed by atoms with Crippen molar-refractivity contribution in [2.24, 2.45) is 0 Å². The maximum absolute atomic E-state index is 14.3. The number of hydrogen-bond acceptors (Lipinski definition) is 4. The molecule has 3 aliphatic rings. The number of aromatic nitrogens is 3. The molecular formula is C34H37F2N5O. The summed E-state index contributed by atoms with van der Waals surface area (Å²) in [6.45, 7) is 4.24. The highest BCUT2D eigenvalue weighted by molar-refractivity contribution is 5.94. The van der Waals surface area contributed by atoms with Gasteiger partial charge in [-0.1, -0.05) is 42.5 Å². The van der Waals surface area contributed by atoms with Crippen molar-refractivity contribution in [2.75, 3.05) is 19.6 Å². The average Bonchev–Trinajstić information content (AvgIpc) is 3.46. The zero-order valence-electron chi connectivity index (χ0n) is 24.1. The molecule has 5 heterocycles. The number of benzene rings is 2. The zero-order chi connectivity index (χ0) is 28.8. The molecule has 8 heteroatoms. The summed E-state index contributed by atoms with van der Waals surface area (Å²) in [5.41, 5.74) is 3.43. The van der Waals surface area contributed by atoms with E-state index in [4.69, 9.17) is 4.98 Å². The molecule has 6 nitrogen and oxygen atoms in total. The maximum atomic E-state index is 14.3. The fraction of sp³-hybridized carbons (Fsp3) is 0.441. The summed E-state index contributed by atoms with van der Waals surface area (Å²) < 4.78 is 30.1. The number of nitrogens with zero attached hydrogens (tertiary/aromatic N) is 5. The summed E-state index contributed by atoms with van der Waals surface area (Å²) >= 11 is 0. The van der Waals surface area contributed by atoms with Gasteiger partial charge in [-0.2, -0.15) is 13.8 Å². The minimum atomic E-state index is -1.04. The van der Waals surface area contributed by atoms with Gasteiger partial charge in [-0.15, -0.1) is 0 Å². The third kappa shape index (κ3) is 4.79. The Labute approximate surface area is 245 Å². The number of hydrogen-bond donors (Lipinski definition) is 0. The molecular weight excluding hydrogens is 532 g/mol. The van der Waals surface area contributed by atoms with Crippen LogP contribution in [0.15, 0.2) is 66.7 Å². The lowest BCUT2D eigenvalue weighted by Crippen LogP contribution is -2.49. The van der Waals surface area contributed by atoms with E-state index in [-0.39, 0.29) is 11.0 Å². The third-order valence-electron chi connectivity index (χ3n) is 10.3. The number of para-hydroxylation sites is 2. The highest BCUT2D eigenvalue weighted by Gasteiger charge is 2.44. The number of piperidine rings is 2. The van der Waals surface area contributed by atoms with Crippen LogP contribution in [0.1, 0.15) is 72.7 Å². The molecule has 0 saturated carbocycles. The monoisotopic (exact) mass is 569 g/mol. The molecule has 1 amide bonds. The number of pyridine rings is 1. The predicted molar refractivity (Wildman–Crippen MR) is 158 cm³/mol. The fourth-order valence-electron chi connectivity index (χ4n) is 8.14. The van der Waals surface area contributed by atoms with Crippen LogP contribution in [0, 0.1) is 18.8 Å². The van der Waals surface area contributed by atoms with Crippen molar-refractivity contribution in [2.45, 2.75) is 75.4 Å².